The van der Waals surface area contributed by atoms with Gasteiger partial charge >= 0.3 is 0 Å². The van der Waals surface area contributed by atoms with Crippen molar-refractivity contribution >= 4 is 23.1 Å². The zero-order valence-electron chi connectivity index (χ0n) is 6.96. The summed E-state index contributed by atoms with van der Waals surface area (Å²) in [5.74, 6) is 0.617. The molecule has 13 heavy (non-hydrogen) atoms. The summed E-state index contributed by atoms with van der Waals surface area (Å²) < 4.78 is 24.0. The second-order valence-corrected chi connectivity index (χ2v) is 4.74. The van der Waals surface area contributed by atoms with Gasteiger partial charge in [-0.3, -0.25) is 0 Å². The highest BCUT2D eigenvalue weighted by atomic mass is 32.2. The van der Waals surface area contributed by atoms with E-state index in [-0.39, 0.29) is 0 Å². The second kappa shape index (κ2) is 5.29. The van der Waals surface area contributed by atoms with Gasteiger partial charge in [-0.2, -0.15) is 8.78 Å². The molecular formula is C7H8F2N2S2. The van der Waals surface area contributed by atoms with Crippen LogP contribution in [-0.4, -0.2) is 16.0 Å². The number of hydrogen-bond donors (Lipinski definition) is 0. The van der Waals surface area contributed by atoms with Gasteiger partial charge in [0.25, 0.3) is 6.08 Å². The minimum absolute atomic E-state index is 0.367. The van der Waals surface area contributed by atoms with Crippen LogP contribution in [0.1, 0.15) is 11.4 Å². The third-order valence-electron chi connectivity index (χ3n) is 1.15. The largest absolute Gasteiger partial charge is 0.266 e. The zero-order chi connectivity index (χ0) is 9.68. The second-order valence-electron chi connectivity index (χ2n) is 2.22. The summed E-state index contributed by atoms with van der Waals surface area (Å²) in [6.45, 7) is 1.86. The molecule has 0 spiro atoms. The molecule has 0 aliphatic heterocycles. The Labute approximate surface area is 83.1 Å². The van der Waals surface area contributed by atoms with Crippen LogP contribution in [0, 0.1) is 6.92 Å². The first-order valence-corrected chi connectivity index (χ1v) is 5.43. The molecule has 0 radical (unpaired) electrons. The van der Waals surface area contributed by atoms with Gasteiger partial charge in [0.2, 0.25) is 0 Å². The SMILES string of the molecule is Cc1nnc(SCCC=C(F)F)s1. The Hall–Kier alpha value is -0.490. The van der Waals surface area contributed by atoms with E-state index in [0.717, 1.165) is 15.4 Å². The first-order chi connectivity index (χ1) is 6.18. The lowest BCUT2D eigenvalue weighted by molar-refractivity contribution is 0.418. The molecule has 0 aliphatic rings. The van der Waals surface area contributed by atoms with Gasteiger partial charge in [-0.15, -0.1) is 10.2 Å². The Morgan fingerprint density at radius 3 is 2.85 bits per heavy atom. The van der Waals surface area contributed by atoms with E-state index < -0.39 is 6.08 Å². The highest BCUT2D eigenvalue weighted by Crippen LogP contribution is 2.22. The monoisotopic (exact) mass is 222 g/mol. The molecule has 1 aromatic heterocycles. The number of aryl methyl sites for hydroxylation is 1. The lowest BCUT2D eigenvalue weighted by Crippen LogP contribution is -1.76. The van der Waals surface area contributed by atoms with Crippen LogP contribution >= 0.6 is 23.1 Å². The Balaban J connectivity index is 2.24. The molecule has 1 rings (SSSR count). The van der Waals surface area contributed by atoms with Gasteiger partial charge in [-0.25, -0.2) is 0 Å². The molecule has 0 fully saturated rings. The summed E-state index contributed by atoms with van der Waals surface area (Å²) in [6.07, 6.45) is -0.332. The maximum absolute atomic E-state index is 11.6. The van der Waals surface area contributed by atoms with Gasteiger partial charge in [-0.05, 0) is 19.4 Å². The zero-order valence-corrected chi connectivity index (χ0v) is 8.59. The van der Waals surface area contributed by atoms with Gasteiger partial charge < -0.3 is 0 Å². The Kier molecular flexibility index (Phi) is 4.31. The molecule has 72 valence electrons. The molecule has 1 heterocycles. The van der Waals surface area contributed by atoms with Crippen LogP contribution in [0.3, 0.4) is 0 Å². The molecule has 0 atom stereocenters. The molecule has 0 bridgehead atoms. The minimum Gasteiger partial charge on any atom is -0.174 e. The molecular weight excluding hydrogens is 214 g/mol. The molecule has 1 aromatic rings. The van der Waals surface area contributed by atoms with Crippen LogP contribution in [0.4, 0.5) is 8.78 Å². The van der Waals surface area contributed by atoms with Gasteiger partial charge in [0.15, 0.2) is 4.34 Å². The summed E-state index contributed by atoms with van der Waals surface area (Å²) in [6, 6.07) is 0. The molecule has 0 saturated heterocycles. The molecule has 0 aromatic carbocycles. The molecule has 0 amide bonds. The number of allylic oxidation sites excluding steroid dienone is 1. The van der Waals surface area contributed by atoms with Gasteiger partial charge in [0.1, 0.15) is 5.01 Å². The predicted octanol–water partition coefficient (Wildman–Crippen LogP) is 3.11. The average Bonchev–Trinajstić information content (AvgIpc) is 2.45. The van der Waals surface area contributed by atoms with E-state index in [4.69, 9.17) is 0 Å². The van der Waals surface area contributed by atoms with Gasteiger partial charge in [-0.1, -0.05) is 23.1 Å². The molecule has 0 unspecified atom stereocenters. The van der Waals surface area contributed by atoms with Crippen LogP contribution < -0.4 is 0 Å². The quantitative estimate of drug-likeness (QED) is 0.578. The molecule has 0 aliphatic carbocycles. The minimum atomic E-state index is -1.62. The molecule has 0 saturated carbocycles. The summed E-state index contributed by atoms with van der Waals surface area (Å²) in [4.78, 5) is 0. The maximum Gasteiger partial charge on any atom is 0.266 e. The molecule has 6 heteroatoms. The third-order valence-corrected chi connectivity index (χ3v) is 3.15. The highest BCUT2D eigenvalue weighted by Gasteiger charge is 1.99. The number of hydrogen-bond acceptors (Lipinski definition) is 4. The van der Waals surface area contributed by atoms with Crippen molar-refractivity contribution in [2.75, 3.05) is 5.75 Å². The fourth-order valence-corrected chi connectivity index (χ4v) is 2.42. The number of rotatable bonds is 4. The van der Waals surface area contributed by atoms with E-state index in [2.05, 4.69) is 10.2 Å². The summed E-state index contributed by atoms with van der Waals surface area (Å²) in [7, 11) is 0. The highest BCUT2D eigenvalue weighted by molar-refractivity contribution is 8.01. The van der Waals surface area contributed by atoms with Crippen molar-refractivity contribution in [2.45, 2.75) is 17.7 Å². The first kappa shape index (κ1) is 10.6. The van der Waals surface area contributed by atoms with Crippen LogP contribution in [0.25, 0.3) is 0 Å². The van der Waals surface area contributed by atoms with Crippen molar-refractivity contribution in [3.05, 3.63) is 17.2 Å². The number of thioether (sulfide) groups is 1. The van der Waals surface area contributed by atoms with E-state index in [1.807, 2.05) is 6.92 Å². The topological polar surface area (TPSA) is 25.8 Å². The van der Waals surface area contributed by atoms with E-state index in [1.165, 1.54) is 23.1 Å². The summed E-state index contributed by atoms with van der Waals surface area (Å²) in [5, 5.41) is 8.57. The maximum atomic E-state index is 11.6. The normalized spacial score (nSPS) is 10.1. The lowest BCUT2D eigenvalue weighted by Gasteiger charge is -1.90. The fraction of sp³-hybridized carbons (Fsp3) is 0.429. The average molecular weight is 222 g/mol. The van der Waals surface area contributed by atoms with E-state index >= 15 is 0 Å². The van der Waals surface area contributed by atoms with Crippen molar-refractivity contribution in [1.82, 2.24) is 10.2 Å². The van der Waals surface area contributed by atoms with Crippen LogP contribution in [-0.2, 0) is 0 Å². The third kappa shape index (κ3) is 4.33. The van der Waals surface area contributed by atoms with Crippen LogP contribution in [0.15, 0.2) is 16.5 Å². The smallest absolute Gasteiger partial charge is 0.174 e. The molecule has 2 nitrogen and oxygen atoms in total. The van der Waals surface area contributed by atoms with Crippen molar-refractivity contribution < 1.29 is 8.78 Å². The van der Waals surface area contributed by atoms with E-state index in [9.17, 15) is 8.78 Å². The van der Waals surface area contributed by atoms with Gasteiger partial charge in [0.05, 0.1) is 0 Å². The van der Waals surface area contributed by atoms with Crippen molar-refractivity contribution in [2.24, 2.45) is 0 Å². The number of halogens is 2. The summed E-state index contributed by atoms with van der Waals surface area (Å²) in [5.41, 5.74) is 0. The van der Waals surface area contributed by atoms with Crippen LogP contribution in [0.5, 0.6) is 0 Å². The lowest BCUT2D eigenvalue weighted by atomic mass is 10.5. The molecule has 0 N–H and O–H groups in total. The standard InChI is InChI=1S/C7H8F2N2S2/c1-5-10-11-7(13-5)12-4-2-3-6(8)9/h3H,2,4H2,1H3. The van der Waals surface area contributed by atoms with Crippen molar-refractivity contribution in [1.29, 1.82) is 0 Å². The predicted molar refractivity (Wildman–Crippen MR) is 50.3 cm³/mol. The number of aromatic nitrogens is 2. The Morgan fingerprint density at radius 1 is 1.54 bits per heavy atom. The number of nitrogens with zero attached hydrogens (tertiary/aromatic N) is 2. The van der Waals surface area contributed by atoms with E-state index in [0.29, 0.717) is 12.2 Å². The van der Waals surface area contributed by atoms with Crippen LogP contribution in [0.2, 0.25) is 0 Å². The van der Waals surface area contributed by atoms with Crippen molar-refractivity contribution in [3.63, 3.8) is 0 Å². The Bertz CT molecular complexity index is 294. The van der Waals surface area contributed by atoms with E-state index in [1.54, 1.807) is 0 Å². The summed E-state index contributed by atoms with van der Waals surface area (Å²) >= 11 is 2.93. The Morgan fingerprint density at radius 2 is 2.31 bits per heavy atom. The first-order valence-electron chi connectivity index (χ1n) is 3.62. The van der Waals surface area contributed by atoms with Crippen molar-refractivity contribution in [3.8, 4) is 0 Å². The van der Waals surface area contributed by atoms with Gasteiger partial charge in [0, 0.05) is 5.75 Å². The fourth-order valence-electron chi connectivity index (χ4n) is 0.651.